The number of ether oxygens (including phenoxy) is 1. The first-order valence-electron chi connectivity index (χ1n) is 6.65. The Morgan fingerprint density at radius 2 is 2.00 bits per heavy atom. The Balaban J connectivity index is 1.99. The highest BCUT2D eigenvalue weighted by Crippen LogP contribution is 2.41. The van der Waals surface area contributed by atoms with Crippen molar-refractivity contribution in [3.8, 4) is 0 Å². The van der Waals surface area contributed by atoms with E-state index in [9.17, 15) is 9.18 Å². The third-order valence-corrected chi connectivity index (χ3v) is 3.80. The van der Waals surface area contributed by atoms with E-state index in [-0.39, 0.29) is 18.1 Å². The van der Waals surface area contributed by atoms with Gasteiger partial charge in [-0.15, -0.1) is 0 Å². The number of piperidine rings is 1. The van der Waals surface area contributed by atoms with Gasteiger partial charge in [-0.2, -0.15) is 0 Å². The quantitative estimate of drug-likeness (QED) is 0.722. The van der Waals surface area contributed by atoms with Gasteiger partial charge in [-0.3, -0.25) is 0 Å². The average Bonchev–Trinajstić information content (AvgIpc) is 2.56. The molecule has 0 saturated carbocycles. The summed E-state index contributed by atoms with van der Waals surface area (Å²) in [6.45, 7) is 7.82. The lowest BCUT2D eigenvalue weighted by Gasteiger charge is -2.35. The predicted octanol–water partition coefficient (Wildman–Crippen LogP) is 1.95. The third kappa shape index (κ3) is 2.76. The van der Waals surface area contributed by atoms with Gasteiger partial charge in [0, 0.05) is 12.0 Å². The number of alkyl halides is 1. The second kappa shape index (κ2) is 4.68. The summed E-state index contributed by atoms with van der Waals surface area (Å²) in [4.78, 5) is 13.5. The number of hydrogen-bond donors (Lipinski definition) is 1. The van der Waals surface area contributed by atoms with Gasteiger partial charge in [-0.25, -0.2) is 9.18 Å². The van der Waals surface area contributed by atoms with E-state index < -0.39 is 11.8 Å². The molecule has 2 saturated heterocycles. The molecule has 2 heterocycles. The van der Waals surface area contributed by atoms with Crippen LogP contribution in [0.15, 0.2) is 0 Å². The van der Waals surface area contributed by atoms with E-state index in [2.05, 4.69) is 5.32 Å². The normalized spacial score (nSPS) is 27.6. The summed E-state index contributed by atoms with van der Waals surface area (Å²) in [5, 5.41) is 3.24. The minimum atomic E-state index is -0.924. The topological polar surface area (TPSA) is 41.6 Å². The lowest BCUT2D eigenvalue weighted by Crippen LogP contribution is -2.43. The largest absolute Gasteiger partial charge is 0.444 e. The molecule has 0 aromatic rings. The van der Waals surface area contributed by atoms with Gasteiger partial charge in [0.25, 0.3) is 0 Å². The van der Waals surface area contributed by atoms with Crippen molar-refractivity contribution in [2.24, 2.45) is 5.41 Å². The Morgan fingerprint density at radius 3 is 2.56 bits per heavy atom. The molecule has 0 aromatic heterocycles. The maximum absolute atomic E-state index is 14.2. The van der Waals surface area contributed by atoms with Crippen molar-refractivity contribution in [3.05, 3.63) is 0 Å². The number of rotatable bonds is 0. The molecule has 1 amide bonds. The molecule has 2 aliphatic rings. The van der Waals surface area contributed by atoms with Gasteiger partial charge in [0.05, 0.1) is 6.54 Å². The van der Waals surface area contributed by atoms with E-state index in [4.69, 9.17) is 4.74 Å². The number of nitrogens with zero attached hydrogens (tertiary/aromatic N) is 1. The highest BCUT2D eigenvalue weighted by molar-refractivity contribution is 5.68. The van der Waals surface area contributed by atoms with Crippen LogP contribution in [0.2, 0.25) is 0 Å². The predicted molar refractivity (Wildman–Crippen MR) is 67.2 cm³/mol. The minimum Gasteiger partial charge on any atom is -0.444 e. The summed E-state index contributed by atoms with van der Waals surface area (Å²) in [5.41, 5.74) is -0.866. The molecule has 0 aliphatic carbocycles. The molecule has 1 N–H and O–H groups in total. The molecule has 1 spiro atoms. The molecule has 0 bridgehead atoms. The van der Waals surface area contributed by atoms with Gasteiger partial charge in [-0.05, 0) is 46.7 Å². The zero-order valence-corrected chi connectivity index (χ0v) is 11.5. The Hall–Kier alpha value is -0.840. The summed E-state index contributed by atoms with van der Waals surface area (Å²) in [6.07, 6.45) is 0.286. The smallest absolute Gasteiger partial charge is 0.410 e. The van der Waals surface area contributed by atoms with Crippen LogP contribution in [-0.4, -0.2) is 48.9 Å². The second-order valence-electron chi connectivity index (χ2n) is 6.44. The third-order valence-electron chi connectivity index (χ3n) is 3.80. The maximum atomic E-state index is 14.2. The van der Waals surface area contributed by atoms with Gasteiger partial charge in [-0.1, -0.05) is 0 Å². The number of likely N-dealkylation sites (tertiary alicyclic amines) is 1. The fourth-order valence-electron chi connectivity index (χ4n) is 2.79. The molecule has 104 valence electrons. The second-order valence-corrected chi connectivity index (χ2v) is 6.44. The maximum Gasteiger partial charge on any atom is 0.410 e. The van der Waals surface area contributed by atoms with Crippen molar-refractivity contribution in [1.29, 1.82) is 0 Å². The van der Waals surface area contributed by atoms with Crippen molar-refractivity contribution in [2.75, 3.05) is 26.2 Å². The Kier molecular flexibility index (Phi) is 3.54. The molecule has 1 atom stereocenters. The van der Waals surface area contributed by atoms with Gasteiger partial charge in [0.1, 0.15) is 11.8 Å². The van der Waals surface area contributed by atoms with Crippen LogP contribution < -0.4 is 5.32 Å². The van der Waals surface area contributed by atoms with Gasteiger partial charge >= 0.3 is 6.09 Å². The fourth-order valence-corrected chi connectivity index (χ4v) is 2.79. The zero-order chi connectivity index (χ0) is 13.4. The van der Waals surface area contributed by atoms with E-state index in [0.29, 0.717) is 6.54 Å². The summed E-state index contributed by atoms with van der Waals surface area (Å²) in [5.74, 6) is 0. The van der Waals surface area contributed by atoms with Crippen LogP contribution in [0.5, 0.6) is 0 Å². The number of halogens is 1. The summed E-state index contributed by atoms with van der Waals surface area (Å²) in [6, 6.07) is 0. The Labute approximate surface area is 108 Å². The fraction of sp³-hybridized carbons (Fsp3) is 0.923. The molecule has 0 aromatic carbocycles. The van der Waals surface area contributed by atoms with E-state index in [1.165, 1.54) is 4.90 Å². The van der Waals surface area contributed by atoms with Gasteiger partial charge in [0.2, 0.25) is 0 Å². The molecule has 2 fully saturated rings. The number of carbonyl (C=O) groups is 1. The van der Waals surface area contributed by atoms with Gasteiger partial charge in [0.15, 0.2) is 0 Å². The van der Waals surface area contributed by atoms with Crippen LogP contribution >= 0.6 is 0 Å². The molecule has 5 heteroatoms. The van der Waals surface area contributed by atoms with E-state index >= 15 is 0 Å². The monoisotopic (exact) mass is 258 g/mol. The van der Waals surface area contributed by atoms with Crippen molar-refractivity contribution in [3.63, 3.8) is 0 Å². The molecule has 4 nitrogen and oxygen atoms in total. The molecule has 2 aliphatic heterocycles. The SMILES string of the molecule is CC(C)(C)OC(=O)N1CC(F)C2(CCNCC2)C1. The molecular weight excluding hydrogens is 235 g/mol. The highest BCUT2D eigenvalue weighted by atomic mass is 19.1. The summed E-state index contributed by atoms with van der Waals surface area (Å²) >= 11 is 0. The standard InChI is InChI=1S/C13H23FN2O2/c1-12(2,3)18-11(17)16-8-10(14)13(9-16)4-6-15-7-5-13/h10,15H,4-9H2,1-3H3. The van der Waals surface area contributed by atoms with Crippen molar-refractivity contribution in [1.82, 2.24) is 10.2 Å². The molecule has 2 rings (SSSR count). The highest BCUT2D eigenvalue weighted by Gasteiger charge is 2.49. The van der Waals surface area contributed by atoms with Crippen molar-refractivity contribution in [2.45, 2.75) is 45.4 Å². The first-order valence-corrected chi connectivity index (χ1v) is 6.65. The first kappa shape index (κ1) is 13.6. The lowest BCUT2D eigenvalue weighted by molar-refractivity contribution is 0.0264. The summed E-state index contributed by atoms with van der Waals surface area (Å²) in [7, 11) is 0. The molecule has 1 unspecified atom stereocenters. The number of nitrogens with one attached hydrogen (secondary N) is 1. The Bertz CT molecular complexity index is 321. The van der Waals surface area contributed by atoms with E-state index in [1.807, 2.05) is 20.8 Å². The van der Waals surface area contributed by atoms with E-state index in [1.54, 1.807) is 0 Å². The van der Waals surface area contributed by atoms with Crippen molar-refractivity contribution < 1.29 is 13.9 Å². The van der Waals surface area contributed by atoms with Crippen LogP contribution in [0.1, 0.15) is 33.6 Å². The van der Waals surface area contributed by atoms with Crippen LogP contribution in [0, 0.1) is 5.41 Å². The Morgan fingerprint density at radius 1 is 1.39 bits per heavy atom. The van der Waals surface area contributed by atoms with Crippen LogP contribution in [0.4, 0.5) is 9.18 Å². The number of amides is 1. The average molecular weight is 258 g/mol. The van der Waals surface area contributed by atoms with Crippen LogP contribution in [0.3, 0.4) is 0 Å². The minimum absolute atomic E-state index is 0.176. The zero-order valence-electron chi connectivity index (χ0n) is 11.5. The molecule has 18 heavy (non-hydrogen) atoms. The van der Waals surface area contributed by atoms with Crippen LogP contribution in [0.25, 0.3) is 0 Å². The summed E-state index contributed by atoms with van der Waals surface area (Å²) < 4.78 is 19.5. The number of hydrogen-bond acceptors (Lipinski definition) is 3. The van der Waals surface area contributed by atoms with Crippen LogP contribution in [-0.2, 0) is 4.74 Å². The molecular formula is C13H23FN2O2. The van der Waals surface area contributed by atoms with E-state index in [0.717, 1.165) is 25.9 Å². The van der Waals surface area contributed by atoms with Crippen molar-refractivity contribution >= 4 is 6.09 Å². The lowest BCUT2D eigenvalue weighted by atomic mass is 9.77. The van der Waals surface area contributed by atoms with Gasteiger partial charge < -0.3 is 15.0 Å². The molecule has 0 radical (unpaired) electrons. The number of carbonyl (C=O) groups excluding carboxylic acids is 1. The first-order chi connectivity index (χ1) is 8.32.